The number of unbranched alkanes of at least 4 members (excludes halogenated alkanes) is 4. The molecule has 96 valence electrons. The van der Waals surface area contributed by atoms with Gasteiger partial charge in [0.2, 0.25) is 0 Å². The van der Waals surface area contributed by atoms with Crippen molar-refractivity contribution in [2.75, 3.05) is 33.0 Å². The van der Waals surface area contributed by atoms with E-state index in [2.05, 4.69) is 6.92 Å². The Morgan fingerprint density at radius 1 is 0.938 bits per heavy atom. The molecule has 0 radical (unpaired) electrons. The standard InChI is InChI=1S/C13H26O3/c1-2-3-8-14-9-6-4-5-7-10-15-11-13-12-16-13/h13H,2-12H2,1H3. The Labute approximate surface area is 99.5 Å². The second-order valence-corrected chi connectivity index (χ2v) is 4.41. The third-order valence-electron chi connectivity index (χ3n) is 2.68. The Balaban J connectivity index is 1.61. The van der Waals surface area contributed by atoms with E-state index in [0.29, 0.717) is 6.10 Å². The monoisotopic (exact) mass is 230 g/mol. The van der Waals surface area contributed by atoms with Crippen molar-refractivity contribution in [1.82, 2.24) is 0 Å². The third-order valence-corrected chi connectivity index (χ3v) is 2.68. The van der Waals surface area contributed by atoms with Crippen molar-refractivity contribution in [1.29, 1.82) is 0 Å². The van der Waals surface area contributed by atoms with Crippen molar-refractivity contribution in [3.63, 3.8) is 0 Å². The van der Waals surface area contributed by atoms with Crippen molar-refractivity contribution in [3.8, 4) is 0 Å². The van der Waals surface area contributed by atoms with E-state index < -0.39 is 0 Å². The van der Waals surface area contributed by atoms with Crippen LogP contribution in [0.2, 0.25) is 0 Å². The molecule has 1 saturated heterocycles. The Bertz CT molecular complexity index is 146. The molecule has 0 aromatic carbocycles. The zero-order chi connectivity index (χ0) is 11.5. The van der Waals surface area contributed by atoms with Crippen molar-refractivity contribution in [3.05, 3.63) is 0 Å². The van der Waals surface area contributed by atoms with Crippen LogP contribution in [-0.4, -0.2) is 39.1 Å². The molecule has 1 rings (SSSR count). The zero-order valence-electron chi connectivity index (χ0n) is 10.6. The minimum absolute atomic E-state index is 0.409. The van der Waals surface area contributed by atoms with E-state index in [1.54, 1.807) is 0 Å². The maximum atomic E-state index is 5.49. The quantitative estimate of drug-likeness (QED) is 0.381. The van der Waals surface area contributed by atoms with Crippen molar-refractivity contribution < 1.29 is 14.2 Å². The normalized spacial score (nSPS) is 18.9. The van der Waals surface area contributed by atoms with Crippen molar-refractivity contribution >= 4 is 0 Å². The van der Waals surface area contributed by atoms with Crippen molar-refractivity contribution in [2.24, 2.45) is 0 Å². The predicted molar refractivity (Wildman–Crippen MR) is 64.8 cm³/mol. The van der Waals surface area contributed by atoms with Gasteiger partial charge in [-0.3, -0.25) is 0 Å². The first-order chi connectivity index (χ1) is 7.93. The highest BCUT2D eigenvalue weighted by Gasteiger charge is 2.21. The molecule has 3 nitrogen and oxygen atoms in total. The summed E-state index contributed by atoms with van der Waals surface area (Å²) in [7, 11) is 0. The van der Waals surface area contributed by atoms with Crippen LogP contribution in [0.15, 0.2) is 0 Å². The van der Waals surface area contributed by atoms with Crippen LogP contribution in [-0.2, 0) is 14.2 Å². The number of hydrogen-bond donors (Lipinski definition) is 0. The number of rotatable bonds is 12. The Morgan fingerprint density at radius 3 is 2.19 bits per heavy atom. The molecule has 1 atom stereocenters. The molecular formula is C13H26O3. The fourth-order valence-electron chi connectivity index (χ4n) is 1.49. The third kappa shape index (κ3) is 9.13. The van der Waals surface area contributed by atoms with Gasteiger partial charge in [-0.1, -0.05) is 26.2 Å². The first-order valence-electron chi connectivity index (χ1n) is 6.70. The van der Waals surface area contributed by atoms with Crippen molar-refractivity contribution in [2.45, 2.75) is 51.6 Å². The highest BCUT2D eigenvalue weighted by atomic mass is 16.6. The van der Waals surface area contributed by atoms with Crippen LogP contribution < -0.4 is 0 Å². The fraction of sp³-hybridized carbons (Fsp3) is 1.00. The molecule has 1 heterocycles. The summed E-state index contributed by atoms with van der Waals surface area (Å²) in [6.45, 7) is 6.62. The van der Waals surface area contributed by atoms with Gasteiger partial charge in [-0.05, 0) is 19.3 Å². The summed E-state index contributed by atoms with van der Waals surface area (Å²) in [6.07, 6.45) is 7.70. The van der Waals surface area contributed by atoms with Gasteiger partial charge in [0.15, 0.2) is 0 Å². The highest BCUT2D eigenvalue weighted by molar-refractivity contribution is 4.66. The number of hydrogen-bond acceptors (Lipinski definition) is 3. The second kappa shape index (κ2) is 10.1. The topological polar surface area (TPSA) is 31.0 Å². The first kappa shape index (κ1) is 13.9. The number of ether oxygens (including phenoxy) is 3. The van der Waals surface area contributed by atoms with Gasteiger partial charge in [0.1, 0.15) is 6.10 Å². The molecule has 1 aliphatic rings. The lowest BCUT2D eigenvalue weighted by molar-refractivity contribution is 0.109. The van der Waals surface area contributed by atoms with E-state index in [1.165, 1.54) is 38.5 Å². The molecule has 3 heteroatoms. The summed E-state index contributed by atoms with van der Waals surface area (Å²) in [4.78, 5) is 0. The number of epoxide rings is 1. The average molecular weight is 230 g/mol. The SMILES string of the molecule is CCCCOCCCCCCOCC1CO1. The van der Waals surface area contributed by atoms with Gasteiger partial charge in [-0.25, -0.2) is 0 Å². The van der Waals surface area contributed by atoms with E-state index in [-0.39, 0.29) is 0 Å². The lowest BCUT2D eigenvalue weighted by Crippen LogP contribution is -2.02. The lowest BCUT2D eigenvalue weighted by atomic mass is 10.2. The summed E-state index contributed by atoms with van der Waals surface area (Å²) in [5.41, 5.74) is 0. The maximum Gasteiger partial charge on any atom is 0.104 e. The minimum atomic E-state index is 0.409. The Morgan fingerprint density at radius 2 is 1.56 bits per heavy atom. The van der Waals surface area contributed by atoms with Crippen LogP contribution in [0.1, 0.15) is 45.4 Å². The second-order valence-electron chi connectivity index (χ2n) is 4.41. The smallest absolute Gasteiger partial charge is 0.104 e. The van der Waals surface area contributed by atoms with E-state index >= 15 is 0 Å². The van der Waals surface area contributed by atoms with Gasteiger partial charge in [0.05, 0.1) is 13.2 Å². The first-order valence-corrected chi connectivity index (χ1v) is 6.70. The zero-order valence-corrected chi connectivity index (χ0v) is 10.6. The fourth-order valence-corrected chi connectivity index (χ4v) is 1.49. The molecule has 16 heavy (non-hydrogen) atoms. The van der Waals surface area contributed by atoms with E-state index in [4.69, 9.17) is 14.2 Å². The van der Waals surface area contributed by atoms with Crippen LogP contribution >= 0.6 is 0 Å². The van der Waals surface area contributed by atoms with Gasteiger partial charge >= 0.3 is 0 Å². The maximum absolute atomic E-state index is 5.49. The van der Waals surface area contributed by atoms with Crippen LogP contribution in [0.25, 0.3) is 0 Å². The van der Waals surface area contributed by atoms with Gasteiger partial charge in [0.25, 0.3) is 0 Å². The molecule has 0 bridgehead atoms. The van der Waals surface area contributed by atoms with E-state index in [1.807, 2.05) is 0 Å². The Hall–Kier alpha value is -0.120. The summed E-state index contributed by atoms with van der Waals surface area (Å²) in [6, 6.07) is 0. The van der Waals surface area contributed by atoms with E-state index in [0.717, 1.165) is 33.0 Å². The summed E-state index contributed by atoms with van der Waals surface area (Å²) < 4.78 is 16.0. The molecule has 0 amide bonds. The molecule has 0 aliphatic carbocycles. The van der Waals surface area contributed by atoms with Crippen LogP contribution in [0, 0.1) is 0 Å². The van der Waals surface area contributed by atoms with Gasteiger partial charge < -0.3 is 14.2 Å². The van der Waals surface area contributed by atoms with Crippen LogP contribution in [0.3, 0.4) is 0 Å². The summed E-state index contributed by atoms with van der Waals surface area (Å²) >= 11 is 0. The molecule has 1 aliphatic heterocycles. The summed E-state index contributed by atoms with van der Waals surface area (Å²) in [5, 5.41) is 0. The Kier molecular flexibility index (Phi) is 8.77. The average Bonchev–Trinajstić information content (AvgIpc) is 3.10. The van der Waals surface area contributed by atoms with Gasteiger partial charge in [-0.2, -0.15) is 0 Å². The molecule has 0 spiro atoms. The molecule has 1 fully saturated rings. The summed E-state index contributed by atoms with van der Waals surface area (Å²) in [5.74, 6) is 0. The largest absolute Gasteiger partial charge is 0.381 e. The van der Waals surface area contributed by atoms with Crippen LogP contribution in [0.5, 0.6) is 0 Å². The molecule has 0 saturated carbocycles. The molecular weight excluding hydrogens is 204 g/mol. The lowest BCUT2D eigenvalue weighted by Gasteiger charge is -2.04. The van der Waals surface area contributed by atoms with E-state index in [9.17, 15) is 0 Å². The van der Waals surface area contributed by atoms with Crippen LogP contribution in [0.4, 0.5) is 0 Å². The molecule has 0 aromatic heterocycles. The molecule has 0 aromatic rings. The minimum Gasteiger partial charge on any atom is -0.381 e. The highest BCUT2D eigenvalue weighted by Crippen LogP contribution is 2.09. The van der Waals surface area contributed by atoms with Gasteiger partial charge in [0, 0.05) is 19.8 Å². The van der Waals surface area contributed by atoms with Gasteiger partial charge in [-0.15, -0.1) is 0 Å². The molecule has 0 N–H and O–H groups in total. The predicted octanol–water partition coefficient (Wildman–Crippen LogP) is 2.78. The molecule has 1 unspecified atom stereocenters.